The van der Waals surface area contributed by atoms with E-state index in [-0.39, 0.29) is 18.7 Å². The summed E-state index contributed by atoms with van der Waals surface area (Å²) in [6.07, 6.45) is 0. The van der Waals surface area contributed by atoms with E-state index in [0.29, 0.717) is 17.1 Å². The molecule has 0 aliphatic rings. The molecule has 3 rings (SSSR count). The van der Waals surface area contributed by atoms with Crippen molar-refractivity contribution in [2.45, 2.75) is 0 Å². The molecule has 6 nitrogen and oxygen atoms in total. The maximum atomic E-state index is 13.3. The van der Waals surface area contributed by atoms with Crippen molar-refractivity contribution >= 4 is 23.3 Å². The summed E-state index contributed by atoms with van der Waals surface area (Å²) in [6, 6.07) is 17.1. The Morgan fingerprint density at radius 1 is 0.935 bits per heavy atom. The molecule has 0 saturated heterocycles. The number of urea groups is 1. The van der Waals surface area contributed by atoms with Gasteiger partial charge in [-0.1, -0.05) is 12.1 Å². The van der Waals surface area contributed by atoms with Crippen LogP contribution in [0, 0.1) is 11.6 Å². The van der Waals surface area contributed by atoms with Gasteiger partial charge in [0.25, 0.3) is 5.91 Å². The van der Waals surface area contributed by atoms with E-state index in [1.54, 1.807) is 24.3 Å². The first-order valence-corrected chi connectivity index (χ1v) is 9.48. The number of carbonyl (C=O) groups is 2. The standard InChI is InChI=1S/C23H21F2N3O3/c1-31-21-7-3-6-19(15-21)27-23(30)28(20-10-8-17(24)9-11-20)13-12-26-22(29)16-4-2-5-18(25)14-16/h2-11,14-15H,12-13H2,1H3,(H,26,29)(H,27,30). The van der Waals surface area contributed by atoms with Gasteiger partial charge in [0.15, 0.2) is 0 Å². The SMILES string of the molecule is COc1cccc(NC(=O)N(CCNC(=O)c2cccc(F)c2)c2ccc(F)cc2)c1. The van der Waals surface area contributed by atoms with Crippen LogP contribution in [0.3, 0.4) is 0 Å². The summed E-state index contributed by atoms with van der Waals surface area (Å²) >= 11 is 0. The van der Waals surface area contributed by atoms with E-state index < -0.39 is 23.6 Å². The first kappa shape index (κ1) is 21.8. The molecule has 0 aromatic heterocycles. The number of carbonyl (C=O) groups excluding carboxylic acids is 2. The van der Waals surface area contributed by atoms with Crippen molar-refractivity contribution in [3.05, 3.63) is 90.0 Å². The summed E-state index contributed by atoms with van der Waals surface area (Å²) in [5.74, 6) is -0.838. The van der Waals surface area contributed by atoms with Crippen LogP contribution in [0.2, 0.25) is 0 Å². The first-order chi connectivity index (χ1) is 15.0. The number of hydrogen-bond donors (Lipinski definition) is 2. The lowest BCUT2D eigenvalue weighted by molar-refractivity contribution is 0.0954. The number of nitrogens with zero attached hydrogens (tertiary/aromatic N) is 1. The first-order valence-electron chi connectivity index (χ1n) is 9.48. The Balaban J connectivity index is 1.71. The van der Waals surface area contributed by atoms with Crippen LogP contribution in [0.25, 0.3) is 0 Å². The van der Waals surface area contributed by atoms with E-state index in [9.17, 15) is 18.4 Å². The molecule has 0 spiro atoms. The minimum absolute atomic E-state index is 0.0955. The Kier molecular flexibility index (Phi) is 7.16. The van der Waals surface area contributed by atoms with E-state index >= 15 is 0 Å². The Morgan fingerprint density at radius 2 is 1.68 bits per heavy atom. The highest BCUT2D eigenvalue weighted by atomic mass is 19.1. The molecule has 3 aromatic rings. The smallest absolute Gasteiger partial charge is 0.326 e. The van der Waals surface area contributed by atoms with Gasteiger partial charge in [0.05, 0.1) is 7.11 Å². The van der Waals surface area contributed by atoms with Gasteiger partial charge >= 0.3 is 6.03 Å². The van der Waals surface area contributed by atoms with E-state index in [1.165, 1.54) is 54.5 Å². The Labute approximate surface area is 178 Å². The third kappa shape index (κ3) is 6.02. The van der Waals surface area contributed by atoms with Gasteiger partial charge in [0.2, 0.25) is 0 Å². The summed E-state index contributed by atoms with van der Waals surface area (Å²) in [5, 5.41) is 5.41. The Morgan fingerprint density at radius 3 is 2.39 bits per heavy atom. The fraction of sp³-hybridized carbons (Fsp3) is 0.130. The molecule has 0 bridgehead atoms. The predicted molar refractivity (Wildman–Crippen MR) is 114 cm³/mol. The number of halogens is 2. The molecule has 31 heavy (non-hydrogen) atoms. The van der Waals surface area contributed by atoms with Crippen LogP contribution in [-0.4, -0.2) is 32.1 Å². The van der Waals surface area contributed by atoms with E-state index in [0.717, 1.165) is 6.07 Å². The Bertz CT molecular complexity index is 1060. The van der Waals surface area contributed by atoms with Gasteiger partial charge in [-0.2, -0.15) is 0 Å². The lowest BCUT2D eigenvalue weighted by atomic mass is 10.2. The average molecular weight is 425 g/mol. The number of anilines is 2. The Hall–Kier alpha value is -3.94. The van der Waals surface area contributed by atoms with Gasteiger partial charge in [-0.05, 0) is 54.6 Å². The van der Waals surface area contributed by atoms with Crippen molar-refractivity contribution in [3.63, 3.8) is 0 Å². The number of rotatable bonds is 7. The zero-order valence-electron chi connectivity index (χ0n) is 16.8. The third-order valence-corrected chi connectivity index (χ3v) is 4.41. The molecule has 3 aromatic carbocycles. The van der Waals surface area contributed by atoms with Gasteiger partial charge in [-0.25, -0.2) is 13.6 Å². The van der Waals surface area contributed by atoms with Crippen molar-refractivity contribution in [1.29, 1.82) is 0 Å². The number of benzene rings is 3. The van der Waals surface area contributed by atoms with Crippen molar-refractivity contribution in [1.82, 2.24) is 5.32 Å². The molecule has 0 radical (unpaired) electrons. The van der Waals surface area contributed by atoms with E-state index in [2.05, 4.69) is 10.6 Å². The fourth-order valence-electron chi connectivity index (χ4n) is 2.87. The van der Waals surface area contributed by atoms with Crippen LogP contribution < -0.4 is 20.3 Å². The fourth-order valence-corrected chi connectivity index (χ4v) is 2.87. The molecule has 8 heteroatoms. The molecule has 0 heterocycles. The molecular weight excluding hydrogens is 404 g/mol. The zero-order valence-corrected chi connectivity index (χ0v) is 16.8. The van der Waals surface area contributed by atoms with Gasteiger partial charge in [0.1, 0.15) is 17.4 Å². The summed E-state index contributed by atoms with van der Waals surface area (Å²) in [4.78, 5) is 26.5. The van der Waals surface area contributed by atoms with Crippen LogP contribution in [0.15, 0.2) is 72.8 Å². The number of ether oxygens (including phenoxy) is 1. The van der Waals surface area contributed by atoms with Crippen molar-refractivity contribution in [2.24, 2.45) is 0 Å². The lowest BCUT2D eigenvalue weighted by Gasteiger charge is -2.23. The number of nitrogens with one attached hydrogen (secondary N) is 2. The predicted octanol–water partition coefficient (Wildman–Crippen LogP) is 4.44. The molecule has 160 valence electrons. The van der Waals surface area contributed by atoms with Crippen LogP contribution in [0.5, 0.6) is 5.75 Å². The number of methoxy groups -OCH3 is 1. The van der Waals surface area contributed by atoms with Crippen molar-refractivity contribution in [3.8, 4) is 5.75 Å². The maximum absolute atomic E-state index is 13.3. The molecule has 2 N–H and O–H groups in total. The van der Waals surface area contributed by atoms with Crippen molar-refractivity contribution < 1.29 is 23.1 Å². The van der Waals surface area contributed by atoms with Crippen LogP contribution >= 0.6 is 0 Å². The molecule has 0 fully saturated rings. The second kappa shape index (κ2) is 10.2. The van der Waals surface area contributed by atoms with E-state index in [1.807, 2.05) is 0 Å². The average Bonchev–Trinajstić information content (AvgIpc) is 2.77. The summed E-state index contributed by atoms with van der Waals surface area (Å²) in [5.41, 5.74) is 1.14. The van der Waals surface area contributed by atoms with Gasteiger partial charge < -0.3 is 15.4 Å². The van der Waals surface area contributed by atoms with Gasteiger partial charge in [-0.15, -0.1) is 0 Å². The summed E-state index contributed by atoms with van der Waals surface area (Å²) in [7, 11) is 1.52. The van der Waals surface area contributed by atoms with Crippen molar-refractivity contribution in [2.75, 3.05) is 30.4 Å². The molecule has 0 unspecified atom stereocenters. The van der Waals surface area contributed by atoms with Crippen LogP contribution in [0.1, 0.15) is 10.4 Å². The van der Waals surface area contributed by atoms with Gasteiger partial charge in [-0.3, -0.25) is 9.69 Å². The minimum atomic E-state index is -0.516. The minimum Gasteiger partial charge on any atom is -0.497 e. The highest BCUT2D eigenvalue weighted by Crippen LogP contribution is 2.20. The normalized spacial score (nSPS) is 10.3. The number of hydrogen-bond acceptors (Lipinski definition) is 3. The summed E-state index contributed by atoms with van der Waals surface area (Å²) < 4.78 is 31.8. The number of amides is 3. The lowest BCUT2D eigenvalue weighted by Crippen LogP contribution is -2.41. The molecule has 0 saturated carbocycles. The second-order valence-electron chi connectivity index (χ2n) is 6.56. The van der Waals surface area contributed by atoms with Crippen LogP contribution in [-0.2, 0) is 0 Å². The second-order valence-corrected chi connectivity index (χ2v) is 6.56. The third-order valence-electron chi connectivity index (χ3n) is 4.41. The van der Waals surface area contributed by atoms with Crippen LogP contribution in [0.4, 0.5) is 25.0 Å². The largest absolute Gasteiger partial charge is 0.497 e. The zero-order chi connectivity index (χ0) is 22.2. The van der Waals surface area contributed by atoms with Gasteiger partial charge in [0, 0.05) is 36.1 Å². The monoisotopic (exact) mass is 425 g/mol. The topological polar surface area (TPSA) is 70.7 Å². The molecule has 3 amide bonds. The molecule has 0 aliphatic carbocycles. The highest BCUT2D eigenvalue weighted by molar-refractivity contribution is 6.02. The molecular formula is C23H21F2N3O3. The molecule has 0 atom stereocenters. The quantitative estimate of drug-likeness (QED) is 0.588. The van der Waals surface area contributed by atoms with E-state index in [4.69, 9.17) is 4.74 Å². The highest BCUT2D eigenvalue weighted by Gasteiger charge is 2.17. The maximum Gasteiger partial charge on any atom is 0.326 e. The molecule has 0 aliphatic heterocycles. The summed E-state index contributed by atoms with van der Waals surface area (Å²) in [6.45, 7) is 0.195.